The van der Waals surface area contributed by atoms with Crippen LogP contribution in [0.2, 0.25) is 0 Å². The van der Waals surface area contributed by atoms with Gasteiger partial charge in [0, 0.05) is 31.0 Å². The molecule has 0 radical (unpaired) electrons. The molecule has 6 nitrogen and oxygen atoms in total. The van der Waals surface area contributed by atoms with Crippen molar-refractivity contribution < 1.29 is 38.1 Å². The zero-order valence-electron chi connectivity index (χ0n) is 19.1. The fourth-order valence-electron chi connectivity index (χ4n) is 7.55. The van der Waals surface area contributed by atoms with Crippen molar-refractivity contribution in [1.29, 1.82) is 0 Å². The predicted octanol–water partition coefficient (Wildman–Crippen LogP) is 2.47. The molecule has 0 aromatic heterocycles. The van der Waals surface area contributed by atoms with Gasteiger partial charge in [-0.15, -0.1) is 0 Å². The van der Waals surface area contributed by atoms with Crippen molar-refractivity contribution in [2.45, 2.75) is 69.9 Å². The van der Waals surface area contributed by atoms with Gasteiger partial charge >= 0.3 is 0 Å². The molecule has 4 aliphatic rings. The van der Waals surface area contributed by atoms with Crippen molar-refractivity contribution in [2.24, 2.45) is 28.6 Å². The fourth-order valence-corrected chi connectivity index (χ4v) is 7.55. The first-order valence-corrected chi connectivity index (χ1v) is 11.1. The lowest BCUT2D eigenvalue weighted by atomic mass is 9.44. The first-order chi connectivity index (χ1) is 14.8. The molecule has 178 valence electrons. The lowest BCUT2D eigenvalue weighted by Crippen LogP contribution is -2.71. The molecule has 0 unspecified atom stereocenters. The van der Waals surface area contributed by atoms with Gasteiger partial charge in [-0.3, -0.25) is 9.59 Å². The largest absolute Gasteiger partial charge is 0.390 e. The molecule has 9 atom stereocenters. The van der Waals surface area contributed by atoms with Gasteiger partial charge < -0.3 is 19.7 Å². The van der Waals surface area contributed by atoms with E-state index in [-0.39, 0.29) is 24.8 Å². The maximum atomic E-state index is 17.1. The van der Waals surface area contributed by atoms with E-state index >= 15 is 8.78 Å². The van der Waals surface area contributed by atoms with E-state index < -0.39 is 70.0 Å². The van der Waals surface area contributed by atoms with Gasteiger partial charge in [-0.2, -0.15) is 0 Å². The predicted molar refractivity (Wildman–Crippen MR) is 111 cm³/mol. The summed E-state index contributed by atoms with van der Waals surface area (Å²) in [6.45, 7) is 4.90. The highest BCUT2D eigenvalue weighted by Crippen LogP contribution is 2.71. The molecule has 0 amide bonds. The number of hydrogen-bond donors (Lipinski definition) is 2. The Morgan fingerprint density at radius 1 is 1.22 bits per heavy atom. The second kappa shape index (κ2) is 7.26. The van der Waals surface area contributed by atoms with Crippen LogP contribution in [0.5, 0.6) is 0 Å². The van der Waals surface area contributed by atoms with E-state index in [2.05, 4.69) is 0 Å². The molecular weight excluding hydrogens is 422 g/mol. The number of carbonyl (C=O) groups excluding carboxylic acids is 2. The number of fused-ring (bicyclic) bond motifs is 5. The summed E-state index contributed by atoms with van der Waals surface area (Å²) >= 11 is 0. The van der Waals surface area contributed by atoms with Crippen molar-refractivity contribution in [3.05, 3.63) is 23.8 Å². The van der Waals surface area contributed by atoms with Gasteiger partial charge in [-0.05, 0) is 55.7 Å². The number of ether oxygens (including phenoxy) is 2. The van der Waals surface area contributed by atoms with Crippen LogP contribution in [0.25, 0.3) is 0 Å². The topological polar surface area (TPSA) is 93.1 Å². The monoisotopic (exact) mass is 454 g/mol. The van der Waals surface area contributed by atoms with Crippen LogP contribution in [0.1, 0.15) is 40.0 Å². The number of Topliss-reactive ketones (excluding diaryl/α,β-unsaturated/α-hetero) is 1. The minimum Gasteiger partial charge on any atom is -0.390 e. The Morgan fingerprint density at radius 2 is 1.84 bits per heavy atom. The van der Waals surface area contributed by atoms with Gasteiger partial charge in [-0.1, -0.05) is 19.9 Å². The number of aliphatic hydroxyl groups excluding tert-OH is 1. The number of carbonyl (C=O) groups is 2. The zero-order chi connectivity index (χ0) is 23.9. The zero-order valence-corrected chi connectivity index (χ0v) is 19.1. The van der Waals surface area contributed by atoms with Crippen molar-refractivity contribution in [3.8, 4) is 0 Å². The summed E-state index contributed by atoms with van der Waals surface area (Å²) in [5.74, 6) is -3.20. The van der Waals surface area contributed by atoms with Gasteiger partial charge in [0.05, 0.1) is 6.10 Å². The van der Waals surface area contributed by atoms with Gasteiger partial charge in [-0.25, -0.2) is 8.78 Å². The number of allylic oxidation sites excluding steroid dienone is 4. The Labute approximate surface area is 186 Å². The number of aliphatic hydroxyl groups is 2. The molecule has 0 saturated heterocycles. The first kappa shape index (κ1) is 23.7. The fraction of sp³-hybridized carbons (Fsp3) is 0.750. The van der Waals surface area contributed by atoms with Gasteiger partial charge in [0.2, 0.25) is 12.1 Å². The SMILES string of the molecule is COC(OC)C(=O)[C@@]1(O)[C@H](C)C[C@H]2[C@@H]3C[C@H](F)C4=CC(=O)C=C[C@]4(C)[C@@]3(F)[C@@H](O)C[C@@]21C. The number of halogens is 2. The summed E-state index contributed by atoms with van der Waals surface area (Å²) in [5, 5.41) is 23.1. The Bertz CT molecular complexity index is 899. The molecule has 0 aromatic carbocycles. The average molecular weight is 455 g/mol. The third kappa shape index (κ3) is 2.58. The summed E-state index contributed by atoms with van der Waals surface area (Å²) in [6, 6.07) is 0. The number of methoxy groups -OCH3 is 2. The second-order valence-electron chi connectivity index (χ2n) is 10.4. The third-order valence-corrected chi connectivity index (χ3v) is 9.23. The molecule has 0 aliphatic heterocycles. The maximum absolute atomic E-state index is 17.1. The van der Waals surface area contributed by atoms with Crippen LogP contribution in [0.15, 0.2) is 23.8 Å². The molecule has 3 saturated carbocycles. The van der Waals surface area contributed by atoms with Crippen LogP contribution in [0.3, 0.4) is 0 Å². The smallest absolute Gasteiger partial charge is 0.220 e. The number of rotatable bonds is 4. The minimum absolute atomic E-state index is 0.0441. The normalized spacial score (nSPS) is 50.0. The van der Waals surface area contributed by atoms with Gasteiger partial charge in [0.1, 0.15) is 11.8 Å². The first-order valence-electron chi connectivity index (χ1n) is 11.1. The van der Waals surface area contributed by atoms with Crippen LogP contribution >= 0.6 is 0 Å². The van der Waals surface area contributed by atoms with Crippen LogP contribution in [-0.2, 0) is 19.1 Å². The summed E-state index contributed by atoms with van der Waals surface area (Å²) in [4.78, 5) is 25.2. The lowest BCUT2D eigenvalue weighted by molar-refractivity contribution is -0.231. The second-order valence-corrected chi connectivity index (χ2v) is 10.4. The van der Waals surface area contributed by atoms with Crippen LogP contribution in [0.4, 0.5) is 8.78 Å². The molecular formula is C24H32F2O6. The molecule has 4 rings (SSSR count). The van der Waals surface area contributed by atoms with Crippen LogP contribution in [0, 0.1) is 28.6 Å². The van der Waals surface area contributed by atoms with Gasteiger partial charge in [0.25, 0.3) is 0 Å². The van der Waals surface area contributed by atoms with E-state index in [1.165, 1.54) is 33.3 Å². The highest BCUT2D eigenvalue weighted by atomic mass is 19.1. The van der Waals surface area contributed by atoms with E-state index in [4.69, 9.17) is 9.47 Å². The van der Waals surface area contributed by atoms with Crippen molar-refractivity contribution in [1.82, 2.24) is 0 Å². The molecule has 2 N–H and O–H groups in total. The van der Waals surface area contributed by atoms with Crippen LogP contribution < -0.4 is 0 Å². The molecule has 0 spiro atoms. The summed E-state index contributed by atoms with van der Waals surface area (Å²) < 4.78 is 42.7. The highest BCUT2D eigenvalue weighted by molar-refractivity contribution is 6.01. The van der Waals surface area contributed by atoms with E-state index in [1.807, 2.05) is 0 Å². The minimum atomic E-state index is -2.25. The Morgan fingerprint density at radius 3 is 2.44 bits per heavy atom. The summed E-state index contributed by atoms with van der Waals surface area (Å²) in [7, 11) is 2.58. The molecule has 4 aliphatic carbocycles. The van der Waals surface area contributed by atoms with E-state index in [0.717, 1.165) is 6.08 Å². The van der Waals surface area contributed by atoms with Crippen molar-refractivity contribution in [3.63, 3.8) is 0 Å². The summed E-state index contributed by atoms with van der Waals surface area (Å²) in [6.07, 6.45) is -0.871. The molecule has 0 aromatic rings. The van der Waals surface area contributed by atoms with E-state index in [1.54, 1.807) is 13.8 Å². The Balaban J connectivity index is 1.83. The van der Waals surface area contributed by atoms with Crippen molar-refractivity contribution in [2.75, 3.05) is 14.2 Å². The molecule has 3 fully saturated rings. The van der Waals surface area contributed by atoms with E-state index in [0.29, 0.717) is 0 Å². The quantitative estimate of drug-likeness (QED) is 0.634. The maximum Gasteiger partial charge on any atom is 0.220 e. The van der Waals surface area contributed by atoms with Gasteiger partial charge in [0.15, 0.2) is 11.5 Å². The highest BCUT2D eigenvalue weighted by Gasteiger charge is 2.77. The number of hydrogen-bond acceptors (Lipinski definition) is 6. The van der Waals surface area contributed by atoms with Crippen molar-refractivity contribution >= 4 is 11.6 Å². The molecule has 0 heterocycles. The average Bonchev–Trinajstić information content (AvgIpc) is 2.94. The van der Waals surface area contributed by atoms with E-state index in [9.17, 15) is 19.8 Å². The number of alkyl halides is 2. The molecule has 8 heteroatoms. The Kier molecular flexibility index (Phi) is 5.37. The third-order valence-electron chi connectivity index (χ3n) is 9.23. The standard InChI is InChI=1S/C24H32F2O6/c1-12-8-14-15-10-17(25)16-9-13(27)6-7-21(16,2)23(15,26)18(28)11-22(14,3)24(12,30)19(29)20(31-4)32-5/h6-7,9,12,14-15,17-18,20,28,30H,8,10-11H2,1-5H3/t12-,14+,15+,17+,18+,21+,22+,23+,24+/m1/s1. The molecule has 32 heavy (non-hydrogen) atoms. The molecule has 0 bridgehead atoms. The number of ketones is 2. The lowest BCUT2D eigenvalue weighted by Gasteiger charge is -2.63. The van der Waals surface area contributed by atoms with Crippen LogP contribution in [-0.4, -0.2) is 65.8 Å². The Hall–Kier alpha value is -1.48. The summed E-state index contributed by atoms with van der Waals surface area (Å²) in [5.41, 5.74) is -6.87.